The normalized spacial score (nSPS) is 14.6. The Bertz CT molecular complexity index is 862. The van der Waals surface area contributed by atoms with Crippen LogP contribution < -0.4 is 10.1 Å². The van der Waals surface area contributed by atoms with Gasteiger partial charge in [-0.1, -0.05) is 25.8 Å². The standard InChI is InChI=1S/C26H38N2O5/c1-5-6-7-21(12-19-10-11-28-16-19)25(33-18(2)29)15-23(30)9-8-20-14-26(32-4)24(31)13-22(20)17-27-3/h10,13-14,16,21,25,27,31H,5-9,11-12,15,17H2,1-4H3/t21-,25+/m1/s1. The molecule has 1 aromatic rings. The van der Waals surface area contributed by atoms with Gasteiger partial charge in [0, 0.05) is 38.4 Å². The van der Waals surface area contributed by atoms with Crippen LogP contribution in [0, 0.1) is 5.92 Å². The van der Waals surface area contributed by atoms with E-state index < -0.39 is 6.10 Å². The summed E-state index contributed by atoms with van der Waals surface area (Å²) in [6.45, 7) is 4.80. The van der Waals surface area contributed by atoms with Crippen LogP contribution in [0.2, 0.25) is 0 Å². The van der Waals surface area contributed by atoms with Gasteiger partial charge in [-0.3, -0.25) is 14.6 Å². The zero-order chi connectivity index (χ0) is 24.2. The van der Waals surface area contributed by atoms with Gasteiger partial charge in [-0.15, -0.1) is 0 Å². The second-order valence-electron chi connectivity index (χ2n) is 8.59. The van der Waals surface area contributed by atoms with Gasteiger partial charge in [0.15, 0.2) is 11.5 Å². The second-order valence-corrected chi connectivity index (χ2v) is 8.59. The van der Waals surface area contributed by atoms with Crippen LogP contribution in [0.3, 0.4) is 0 Å². The summed E-state index contributed by atoms with van der Waals surface area (Å²) in [5.41, 5.74) is 3.02. The zero-order valence-electron chi connectivity index (χ0n) is 20.4. The fourth-order valence-corrected chi connectivity index (χ4v) is 4.24. The van der Waals surface area contributed by atoms with E-state index in [9.17, 15) is 14.7 Å². The van der Waals surface area contributed by atoms with E-state index in [1.807, 2.05) is 13.3 Å². The van der Waals surface area contributed by atoms with Crippen LogP contribution in [-0.2, 0) is 27.3 Å². The lowest BCUT2D eigenvalue weighted by Gasteiger charge is -2.26. The highest BCUT2D eigenvalue weighted by molar-refractivity contribution is 5.81. The highest BCUT2D eigenvalue weighted by Crippen LogP contribution is 2.31. The second kappa shape index (κ2) is 13.8. The number of aromatic hydroxyl groups is 1. The van der Waals surface area contributed by atoms with Gasteiger partial charge in [-0.2, -0.15) is 0 Å². The number of benzene rings is 1. The van der Waals surface area contributed by atoms with Gasteiger partial charge in [0.05, 0.1) is 13.7 Å². The minimum Gasteiger partial charge on any atom is -0.504 e. The van der Waals surface area contributed by atoms with Crippen LogP contribution >= 0.6 is 0 Å². The number of phenolic OH excluding ortho intramolecular Hbond substituents is 1. The number of ether oxygens (including phenoxy) is 2. The molecule has 0 fully saturated rings. The first-order chi connectivity index (χ1) is 15.9. The molecular formula is C26H38N2O5. The van der Waals surface area contributed by atoms with E-state index in [0.717, 1.165) is 42.4 Å². The number of unbranched alkanes of at least 4 members (excludes halogenated alkanes) is 1. The molecule has 1 heterocycles. The first kappa shape index (κ1) is 26.6. The van der Waals surface area contributed by atoms with Gasteiger partial charge in [0.2, 0.25) is 0 Å². The number of phenols is 1. The van der Waals surface area contributed by atoms with Crippen molar-refractivity contribution >= 4 is 18.0 Å². The average molecular weight is 459 g/mol. The summed E-state index contributed by atoms with van der Waals surface area (Å²) in [5, 5.41) is 13.2. The van der Waals surface area contributed by atoms with Crippen LogP contribution in [0.15, 0.2) is 28.8 Å². The summed E-state index contributed by atoms with van der Waals surface area (Å²) < 4.78 is 10.9. The maximum Gasteiger partial charge on any atom is 0.302 e. The molecule has 0 unspecified atom stereocenters. The van der Waals surface area contributed by atoms with E-state index in [1.54, 1.807) is 12.1 Å². The molecule has 0 amide bonds. The van der Waals surface area contributed by atoms with Gasteiger partial charge < -0.3 is 19.9 Å². The van der Waals surface area contributed by atoms with Crippen molar-refractivity contribution in [2.24, 2.45) is 10.9 Å². The van der Waals surface area contributed by atoms with E-state index in [4.69, 9.17) is 9.47 Å². The molecule has 0 saturated heterocycles. The summed E-state index contributed by atoms with van der Waals surface area (Å²) in [5.74, 6) is 0.252. The number of nitrogens with zero attached hydrogens (tertiary/aromatic N) is 1. The number of aliphatic imine (C=N–C) groups is 1. The van der Waals surface area contributed by atoms with Crippen molar-refractivity contribution in [1.29, 1.82) is 0 Å². The number of methoxy groups -OCH3 is 1. The molecule has 2 rings (SSSR count). The monoisotopic (exact) mass is 458 g/mol. The molecule has 33 heavy (non-hydrogen) atoms. The smallest absolute Gasteiger partial charge is 0.302 e. The van der Waals surface area contributed by atoms with Crippen molar-refractivity contribution in [2.75, 3.05) is 20.7 Å². The summed E-state index contributed by atoms with van der Waals surface area (Å²) in [6.07, 6.45) is 8.30. The zero-order valence-corrected chi connectivity index (χ0v) is 20.4. The number of aryl methyl sites for hydroxylation is 1. The number of Topliss-reactive ketones (excluding diaryl/α,β-unsaturated/α-hetero) is 1. The van der Waals surface area contributed by atoms with Crippen molar-refractivity contribution in [3.05, 3.63) is 34.9 Å². The fraction of sp³-hybridized carbons (Fsp3) is 0.577. The van der Waals surface area contributed by atoms with Gasteiger partial charge in [0.1, 0.15) is 11.9 Å². The number of rotatable bonds is 15. The molecule has 182 valence electrons. The van der Waals surface area contributed by atoms with Crippen molar-refractivity contribution in [2.45, 2.75) is 71.4 Å². The topological polar surface area (TPSA) is 97.2 Å². The van der Waals surface area contributed by atoms with Crippen molar-refractivity contribution in [3.63, 3.8) is 0 Å². The molecular weight excluding hydrogens is 420 g/mol. The van der Waals surface area contributed by atoms with Crippen molar-refractivity contribution in [3.8, 4) is 11.5 Å². The lowest BCUT2D eigenvalue weighted by molar-refractivity contribution is -0.150. The van der Waals surface area contributed by atoms with Crippen LogP contribution in [0.4, 0.5) is 0 Å². The van der Waals surface area contributed by atoms with E-state index in [2.05, 4.69) is 23.3 Å². The van der Waals surface area contributed by atoms with E-state index in [-0.39, 0.29) is 29.8 Å². The maximum atomic E-state index is 13.0. The first-order valence-corrected chi connectivity index (χ1v) is 11.8. The molecule has 7 nitrogen and oxygen atoms in total. The van der Waals surface area contributed by atoms with Crippen molar-refractivity contribution < 1.29 is 24.2 Å². The number of ketones is 1. The minimum atomic E-state index is -0.442. The number of allylic oxidation sites excluding steroid dienone is 1. The van der Waals surface area contributed by atoms with E-state index >= 15 is 0 Å². The molecule has 0 aliphatic carbocycles. The highest BCUT2D eigenvalue weighted by Gasteiger charge is 2.27. The third kappa shape index (κ3) is 8.65. The third-order valence-electron chi connectivity index (χ3n) is 5.96. The summed E-state index contributed by atoms with van der Waals surface area (Å²) in [7, 11) is 3.34. The van der Waals surface area contributed by atoms with Gasteiger partial charge in [-0.25, -0.2) is 0 Å². The van der Waals surface area contributed by atoms with Crippen LogP contribution in [0.5, 0.6) is 11.5 Å². The first-order valence-electron chi connectivity index (χ1n) is 11.8. The summed E-state index contributed by atoms with van der Waals surface area (Å²) >= 11 is 0. The Labute approximate surface area is 197 Å². The molecule has 1 aromatic carbocycles. The molecule has 7 heteroatoms. The lowest BCUT2D eigenvalue weighted by Crippen LogP contribution is -2.29. The van der Waals surface area contributed by atoms with Gasteiger partial charge in [-0.05, 0) is 55.1 Å². The van der Waals surface area contributed by atoms with E-state index in [0.29, 0.717) is 31.7 Å². The Hall–Kier alpha value is -2.67. The number of hydrogen-bond acceptors (Lipinski definition) is 7. The van der Waals surface area contributed by atoms with Crippen LogP contribution in [0.25, 0.3) is 0 Å². The largest absolute Gasteiger partial charge is 0.504 e. The molecule has 0 aromatic heterocycles. The van der Waals surface area contributed by atoms with Crippen LogP contribution in [-0.4, -0.2) is 49.9 Å². The molecule has 0 radical (unpaired) electrons. The maximum absolute atomic E-state index is 13.0. The minimum absolute atomic E-state index is 0.0549. The van der Waals surface area contributed by atoms with Crippen molar-refractivity contribution in [1.82, 2.24) is 5.32 Å². The van der Waals surface area contributed by atoms with Gasteiger partial charge >= 0.3 is 5.97 Å². The average Bonchev–Trinajstić information content (AvgIpc) is 3.28. The Morgan fingerprint density at radius 1 is 1.27 bits per heavy atom. The molecule has 1 aliphatic heterocycles. The fourth-order valence-electron chi connectivity index (χ4n) is 4.24. The molecule has 0 spiro atoms. The number of hydrogen-bond donors (Lipinski definition) is 2. The predicted molar refractivity (Wildman–Crippen MR) is 130 cm³/mol. The Balaban J connectivity index is 2.10. The number of carbonyl (C=O) groups is 2. The highest BCUT2D eigenvalue weighted by atomic mass is 16.5. The Morgan fingerprint density at radius 2 is 2.06 bits per heavy atom. The third-order valence-corrected chi connectivity index (χ3v) is 5.96. The molecule has 2 N–H and O–H groups in total. The molecule has 0 saturated carbocycles. The Morgan fingerprint density at radius 3 is 2.67 bits per heavy atom. The molecule has 1 aliphatic rings. The summed E-state index contributed by atoms with van der Waals surface area (Å²) in [6, 6.07) is 3.46. The molecule has 0 bridgehead atoms. The van der Waals surface area contributed by atoms with Crippen LogP contribution in [0.1, 0.15) is 63.5 Å². The number of carbonyl (C=O) groups excluding carboxylic acids is 2. The van der Waals surface area contributed by atoms with Gasteiger partial charge in [0.25, 0.3) is 0 Å². The van der Waals surface area contributed by atoms with E-state index in [1.165, 1.54) is 14.0 Å². The summed E-state index contributed by atoms with van der Waals surface area (Å²) in [4.78, 5) is 29.1. The predicted octanol–water partition coefficient (Wildman–Crippen LogP) is 4.15. The molecule has 2 atom stereocenters. The SMILES string of the molecule is CCCC[C@H](CC1=CCN=C1)[C@H](CC(=O)CCc1cc(OC)c(O)cc1CNC)OC(C)=O. The lowest BCUT2D eigenvalue weighted by atomic mass is 9.86. The number of nitrogens with one attached hydrogen (secondary N) is 1. The quantitative estimate of drug-likeness (QED) is 0.383. The number of esters is 1. The Kier molecular flexibility index (Phi) is 11.1.